The molecule has 2 rings (SSSR count). The van der Waals surface area contributed by atoms with E-state index in [9.17, 15) is 0 Å². The molecule has 0 aliphatic heterocycles. The van der Waals surface area contributed by atoms with E-state index in [0.29, 0.717) is 0 Å². The Hall–Kier alpha value is -1.15. The number of thiophene rings is 1. The van der Waals surface area contributed by atoms with Gasteiger partial charge in [-0.15, -0.1) is 11.3 Å². The molecule has 2 aromatic rings. The van der Waals surface area contributed by atoms with Gasteiger partial charge in [-0.2, -0.15) is 0 Å². The van der Waals surface area contributed by atoms with Crippen molar-refractivity contribution in [2.45, 2.75) is 19.8 Å². The predicted octanol–water partition coefficient (Wildman–Crippen LogP) is 3.09. The van der Waals surface area contributed by atoms with Crippen LogP contribution in [0.5, 0.6) is 0 Å². The van der Waals surface area contributed by atoms with Crippen LogP contribution < -0.4 is 10.6 Å². The van der Waals surface area contributed by atoms with Crippen molar-refractivity contribution in [1.29, 1.82) is 0 Å². The van der Waals surface area contributed by atoms with E-state index >= 15 is 0 Å². The summed E-state index contributed by atoms with van der Waals surface area (Å²) in [6.45, 7) is 4.58. The normalized spacial score (nSPS) is 11.5. The lowest BCUT2D eigenvalue weighted by Crippen LogP contribution is -2.38. The molecule has 118 valence electrons. The van der Waals surface area contributed by atoms with E-state index in [2.05, 4.69) is 62.3 Å². The van der Waals surface area contributed by atoms with Gasteiger partial charge in [0.1, 0.15) is 0 Å². The minimum absolute atomic E-state index is 0.801. The lowest BCUT2D eigenvalue weighted by molar-refractivity contribution is 0.787. The van der Waals surface area contributed by atoms with E-state index in [1.54, 1.807) is 0 Å². The topological polar surface area (TPSA) is 49.3 Å². The molecule has 2 aromatic heterocycles. The van der Waals surface area contributed by atoms with Crippen LogP contribution in [0.25, 0.3) is 0 Å². The summed E-state index contributed by atoms with van der Waals surface area (Å²) in [6, 6.07) is 10.3. The number of guanidine groups is 1. The molecular weight excluding hydrogens is 407 g/mol. The van der Waals surface area contributed by atoms with Crippen molar-refractivity contribution in [2.75, 3.05) is 19.6 Å². The standard InChI is InChI=1S/C16H21IN4S/c1-2-18-16(20-11-8-13-5-3-4-10-19-13)21-12-9-14-6-7-15(17)22-14/h3-7,10H,2,8-9,11-12H2,1H3,(H2,18,20,21). The number of halogens is 1. The average molecular weight is 428 g/mol. The monoisotopic (exact) mass is 428 g/mol. The van der Waals surface area contributed by atoms with Gasteiger partial charge in [-0.05, 0) is 53.8 Å². The van der Waals surface area contributed by atoms with Gasteiger partial charge in [0.05, 0.1) is 2.88 Å². The highest BCUT2D eigenvalue weighted by atomic mass is 127. The summed E-state index contributed by atoms with van der Waals surface area (Å²) >= 11 is 4.19. The summed E-state index contributed by atoms with van der Waals surface area (Å²) in [6.07, 6.45) is 3.72. The highest BCUT2D eigenvalue weighted by Gasteiger charge is 2.00. The molecule has 0 saturated carbocycles. The SMILES string of the molecule is CCNC(=NCCc1ccc(I)s1)NCCc1ccccn1. The quantitative estimate of drug-likeness (QED) is 0.405. The lowest BCUT2D eigenvalue weighted by atomic mass is 10.3. The van der Waals surface area contributed by atoms with Crippen molar-refractivity contribution in [2.24, 2.45) is 4.99 Å². The fraction of sp³-hybridized carbons (Fsp3) is 0.375. The van der Waals surface area contributed by atoms with Crippen molar-refractivity contribution in [1.82, 2.24) is 15.6 Å². The molecule has 0 unspecified atom stereocenters. The molecule has 0 fully saturated rings. The molecule has 0 bridgehead atoms. The molecule has 0 atom stereocenters. The second-order valence-electron chi connectivity index (χ2n) is 4.71. The molecule has 0 aliphatic rings. The third-order valence-corrected chi connectivity index (χ3v) is 4.95. The second-order valence-corrected chi connectivity index (χ2v) is 7.78. The van der Waals surface area contributed by atoms with E-state index in [4.69, 9.17) is 0 Å². The van der Waals surface area contributed by atoms with Gasteiger partial charge in [0.15, 0.2) is 5.96 Å². The fourth-order valence-corrected chi connectivity index (χ4v) is 3.71. The largest absolute Gasteiger partial charge is 0.357 e. The van der Waals surface area contributed by atoms with Crippen LogP contribution >= 0.6 is 33.9 Å². The molecule has 2 heterocycles. The number of pyridine rings is 1. The van der Waals surface area contributed by atoms with Gasteiger partial charge >= 0.3 is 0 Å². The van der Waals surface area contributed by atoms with Crippen LogP contribution in [-0.2, 0) is 12.8 Å². The molecule has 0 amide bonds. The van der Waals surface area contributed by atoms with Crippen LogP contribution in [0.15, 0.2) is 41.5 Å². The van der Waals surface area contributed by atoms with Crippen LogP contribution in [0.1, 0.15) is 17.5 Å². The van der Waals surface area contributed by atoms with Gasteiger partial charge in [0.25, 0.3) is 0 Å². The highest BCUT2D eigenvalue weighted by molar-refractivity contribution is 14.1. The van der Waals surface area contributed by atoms with E-state index in [1.807, 2.05) is 35.7 Å². The van der Waals surface area contributed by atoms with Gasteiger partial charge < -0.3 is 10.6 Å². The second kappa shape index (κ2) is 9.78. The number of aromatic nitrogens is 1. The highest BCUT2D eigenvalue weighted by Crippen LogP contribution is 2.18. The summed E-state index contributed by atoms with van der Waals surface area (Å²) in [5.41, 5.74) is 1.10. The maximum atomic E-state index is 4.63. The first-order chi connectivity index (χ1) is 10.8. The Bertz CT molecular complexity index is 583. The Kier molecular flexibility index (Phi) is 7.65. The molecule has 0 aromatic carbocycles. The molecule has 4 nitrogen and oxygen atoms in total. The maximum absolute atomic E-state index is 4.63. The number of nitrogens with one attached hydrogen (secondary N) is 2. The Labute approximate surface area is 149 Å². The van der Waals surface area contributed by atoms with Crippen molar-refractivity contribution < 1.29 is 0 Å². The van der Waals surface area contributed by atoms with Gasteiger partial charge in [0.2, 0.25) is 0 Å². The summed E-state index contributed by atoms with van der Waals surface area (Å²) in [5, 5.41) is 6.64. The average Bonchev–Trinajstić information content (AvgIpc) is 2.94. The van der Waals surface area contributed by atoms with Crippen molar-refractivity contribution in [3.63, 3.8) is 0 Å². The minimum atomic E-state index is 0.801. The van der Waals surface area contributed by atoms with Crippen molar-refractivity contribution in [3.8, 4) is 0 Å². The molecule has 0 saturated heterocycles. The van der Waals surface area contributed by atoms with Gasteiger partial charge in [-0.1, -0.05) is 6.07 Å². The molecule has 0 radical (unpaired) electrons. The summed E-state index contributed by atoms with van der Waals surface area (Å²) < 4.78 is 1.33. The van der Waals surface area contributed by atoms with Crippen LogP contribution in [0.2, 0.25) is 0 Å². The van der Waals surface area contributed by atoms with Gasteiger partial charge in [-0.3, -0.25) is 9.98 Å². The minimum Gasteiger partial charge on any atom is -0.357 e. The maximum Gasteiger partial charge on any atom is 0.191 e. The summed E-state index contributed by atoms with van der Waals surface area (Å²) in [7, 11) is 0. The number of hydrogen-bond acceptors (Lipinski definition) is 3. The van der Waals surface area contributed by atoms with Crippen LogP contribution in [0.4, 0.5) is 0 Å². The zero-order chi connectivity index (χ0) is 15.6. The molecular formula is C16H21IN4S. The van der Waals surface area contributed by atoms with Crippen LogP contribution in [0.3, 0.4) is 0 Å². The smallest absolute Gasteiger partial charge is 0.191 e. The van der Waals surface area contributed by atoms with Crippen molar-refractivity contribution in [3.05, 3.63) is 50.0 Å². The van der Waals surface area contributed by atoms with E-state index in [1.165, 1.54) is 7.76 Å². The first kappa shape index (κ1) is 17.2. The fourth-order valence-electron chi connectivity index (χ4n) is 1.96. The van der Waals surface area contributed by atoms with Crippen LogP contribution in [-0.4, -0.2) is 30.6 Å². The van der Waals surface area contributed by atoms with E-state index in [-0.39, 0.29) is 0 Å². The number of hydrogen-bond donors (Lipinski definition) is 2. The van der Waals surface area contributed by atoms with E-state index < -0.39 is 0 Å². The van der Waals surface area contributed by atoms with Crippen molar-refractivity contribution >= 4 is 39.9 Å². The number of rotatable bonds is 7. The van der Waals surface area contributed by atoms with Gasteiger partial charge in [0, 0.05) is 49.2 Å². The molecule has 2 N–H and O–H groups in total. The third kappa shape index (κ3) is 6.31. The Morgan fingerprint density at radius 3 is 2.82 bits per heavy atom. The third-order valence-electron chi connectivity index (χ3n) is 3.00. The predicted molar refractivity (Wildman–Crippen MR) is 103 cm³/mol. The zero-order valence-corrected chi connectivity index (χ0v) is 15.7. The Morgan fingerprint density at radius 1 is 1.23 bits per heavy atom. The molecule has 6 heteroatoms. The number of nitrogens with zero attached hydrogens (tertiary/aromatic N) is 2. The molecule has 22 heavy (non-hydrogen) atoms. The van der Waals surface area contributed by atoms with Gasteiger partial charge in [-0.25, -0.2) is 0 Å². The summed E-state index contributed by atoms with van der Waals surface area (Å²) in [4.78, 5) is 10.3. The van der Waals surface area contributed by atoms with E-state index in [0.717, 1.165) is 44.1 Å². The first-order valence-electron chi connectivity index (χ1n) is 7.44. The Morgan fingerprint density at radius 2 is 2.14 bits per heavy atom. The summed E-state index contributed by atoms with van der Waals surface area (Å²) in [5.74, 6) is 0.879. The lowest BCUT2D eigenvalue weighted by Gasteiger charge is -2.10. The zero-order valence-electron chi connectivity index (χ0n) is 12.7. The molecule has 0 spiro atoms. The number of aliphatic imine (C=N–C) groups is 1. The molecule has 0 aliphatic carbocycles. The first-order valence-corrected chi connectivity index (χ1v) is 9.33. The van der Waals surface area contributed by atoms with Crippen LogP contribution in [0, 0.1) is 2.88 Å². The Balaban J connectivity index is 1.77.